The van der Waals surface area contributed by atoms with Crippen molar-refractivity contribution in [2.24, 2.45) is 0 Å². The minimum Gasteiger partial charge on any atom is -0.330 e. The Balaban J connectivity index is 1.65. The minimum atomic E-state index is -1.65. The average molecular weight is 449 g/mol. The third kappa shape index (κ3) is 2.80. The summed E-state index contributed by atoms with van der Waals surface area (Å²) < 4.78 is 3.41. The Morgan fingerprint density at radius 3 is 2.56 bits per heavy atom. The van der Waals surface area contributed by atoms with E-state index in [2.05, 4.69) is 103 Å². The van der Waals surface area contributed by atoms with Crippen LogP contribution in [0.2, 0.25) is 19.6 Å². The highest BCUT2D eigenvalue weighted by atomic mass is 32.1. The molecule has 1 aliphatic heterocycles. The first-order valence-corrected chi connectivity index (χ1v) is 15.2. The first-order chi connectivity index (χ1) is 15.4. The van der Waals surface area contributed by atoms with E-state index in [1.54, 1.807) is 11.3 Å². The maximum Gasteiger partial charge on any atom is 0.316 e. The monoisotopic (exact) mass is 448 g/mol. The summed E-state index contributed by atoms with van der Waals surface area (Å²) in [7, 11) is -1.65. The predicted octanol–water partition coefficient (Wildman–Crippen LogP) is 7.80. The summed E-state index contributed by atoms with van der Waals surface area (Å²) in [6.45, 7) is 11.8. The molecule has 0 N–H and O–H groups in total. The van der Waals surface area contributed by atoms with Gasteiger partial charge in [0.1, 0.15) is 10.4 Å². The van der Waals surface area contributed by atoms with Crippen molar-refractivity contribution in [3.05, 3.63) is 96.2 Å². The molecule has 0 amide bonds. The highest BCUT2D eigenvalue weighted by Crippen LogP contribution is 2.47. The summed E-state index contributed by atoms with van der Waals surface area (Å²) in [5.41, 5.74) is 3.77. The van der Waals surface area contributed by atoms with Crippen LogP contribution >= 0.6 is 11.3 Å². The highest BCUT2D eigenvalue weighted by molar-refractivity contribution is 7.25. The van der Waals surface area contributed by atoms with Crippen molar-refractivity contribution in [1.29, 1.82) is 0 Å². The van der Waals surface area contributed by atoms with E-state index >= 15 is 0 Å². The molecular formula is C28H24N2SSi. The van der Waals surface area contributed by atoms with E-state index in [1.165, 1.54) is 54.3 Å². The first-order valence-electron chi connectivity index (χ1n) is 10.9. The van der Waals surface area contributed by atoms with Crippen molar-refractivity contribution in [3.63, 3.8) is 0 Å². The molecule has 1 aliphatic rings. The van der Waals surface area contributed by atoms with Gasteiger partial charge in [0, 0.05) is 21.0 Å². The fourth-order valence-electron chi connectivity index (χ4n) is 4.83. The van der Waals surface area contributed by atoms with E-state index in [-0.39, 0.29) is 0 Å². The summed E-state index contributed by atoms with van der Waals surface area (Å²) in [6.07, 6.45) is 4.30. The number of rotatable bonds is 2. The van der Waals surface area contributed by atoms with Gasteiger partial charge in [0.15, 0.2) is 11.3 Å². The lowest BCUT2D eigenvalue weighted by Crippen LogP contribution is -2.29. The van der Waals surface area contributed by atoms with Gasteiger partial charge in [-0.1, -0.05) is 67.2 Å². The Morgan fingerprint density at radius 1 is 0.906 bits per heavy atom. The standard InChI is InChI=1S/C28H24N2SSi/c1-30-23-15-14-18-9-5-6-10-19(18)26(23)25(32(2,3)4)17-24(30)22-12-7-11-20-21-13-8-16-29-28(21)31-27(20)22/h5-17H,1H2,2-4H3. The maximum absolute atomic E-state index is 4.62. The largest absolute Gasteiger partial charge is 0.330 e. The van der Waals surface area contributed by atoms with Crippen LogP contribution in [0.4, 0.5) is 5.69 Å². The SMILES string of the molecule is C=[N+]1c2ccc3ccccc3c2C([Si](C)(C)C)=C[C-]1c1cccc2c3cccnc3[s+][c-]12. The molecule has 4 heteroatoms. The molecule has 3 aromatic carbocycles. The van der Waals surface area contributed by atoms with Gasteiger partial charge in [0.25, 0.3) is 0 Å². The summed E-state index contributed by atoms with van der Waals surface area (Å²) in [6, 6.07) is 25.1. The van der Waals surface area contributed by atoms with Crippen LogP contribution < -0.4 is 0 Å². The molecule has 2 aromatic heterocycles. The van der Waals surface area contributed by atoms with Gasteiger partial charge in [-0.05, 0) is 34.4 Å². The van der Waals surface area contributed by atoms with E-state index in [0.717, 1.165) is 4.83 Å². The van der Waals surface area contributed by atoms with Crippen LogP contribution in [0.25, 0.3) is 36.3 Å². The number of nitrogens with zero attached hydrogens (tertiary/aromatic N) is 2. The Hall–Kier alpha value is -3.21. The van der Waals surface area contributed by atoms with Crippen molar-refractivity contribution in [3.8, 4) is 0 Å². The van der Waals surface area contributed by atoms with Crippen molar-refractivity contribution >= 4 is 68.1 Å². The van der Waals surface area contributed by atoms with Crippen LogP contribution in [-0.2, 0) is 0 Å². The van der Waals surface area contributed by atoms with Gasteiger partial charge in [-0.3, -0.25) is 0 Å². The number of thiophene rings is 1. The van der Waals surface area contributed by atoms with Gasteiger partial charge < -0.3 is 4.58 Å². The molecule has 32 heavy (non-hydrogen) atoms. The molecule has 3 heterocycles. The number of fused-ring (bicyclic) bond motifs is 6. The molecule has 0 aliphatic carbocycles. The molecule has 5 aromatic rings. The Kier molecular flexibility index (Phi) is 4.19. The van der Waals surface area contributed by atoms with Gasteiger partial charge in [0.05, 0.1) is 11.4 Å². The van der Waals surface area contributed by atoms with E-state index in [0.29, 0.717) is 0 Å². The summed E-state index contributed by atoms with van der Waals surface area (Å²) in [4.78, 5) is 5.71. The molecule has 0 unspecified atom stereocenters. The van der Waals surface area contributed by atoms with Crippen molar-refractivity contribution < 1.29 is 4.58 Å². The van der Waals surface area contributed by atoms with E-state index in [9.17, 15) is 0 Å². The van der Waals surface area contributed by atoms with Crippen LogP contribution in [0, 0.1) is 6.04 Å². The topological polar surface area (TPSA) is 15.9 Å². The summed E-state index contributed by atoms with van der Waals surface area (Å²) in [5, 5.41) is 6.57. The number of aromatic nitrogens is 1. The van der Waals surface area contributed by atoms with Gasteiger partial charge in [0.2, 0.25) is 0 Å². The van der Waals surface area contributed by atoms with Crippen molar-refractivity contribution in [1.82, 2.24) is 4.98 Å². The molecule has 0 bridgehead atoms. The van der Waals surface area contributed by atoms with Crippen LogP contribution in [0.15, 0.2) is 79.0 Å². The molecule has 156 valence electrons. The number of benzene rings is 3. The third-order valence-electron chi connectivity index (χ3n) is 6.40. The normalized spacial score (nSPS) is 14.3. The van der Waals surface area contributed by atoms with E-state index in [1.807, 2.05) is 12.3 Å². The smallest absolute Gasteiger partial charge is 0.316 e. The fraction of sp³-hybridized carbons (Fsp3) is 0.107. The van der Waals surface area contributed by atoms with Gasteiger partial charge in [-0.25, -0.2) is 4.98 Å². The maximum atomic E-state index is 4.62. The Bertz CT molecular complexity index is 1590. The molecule has 0 radical (unpaired) electrons. The quantitative estimate of drug-likeness (QED) is 0.116. The van der Waals surface area contributed by atoms with Crippen molar-refractivity contribution in [2.45, 2.75) is 19.6 Å². The fourth-order valence-corrected chi connectivity index (χ4v) is 7.58. The van der Waals surface area contributed by atoms with Gasteiger partial charge >= 0.3 is 4.83 Å². The molecular weight excluding hydrogens is 424 g/mol. The first kappa shape index (κ1) is 19.5. The zero-order valence-electron chi connectivity index (χ0n) is 18.5. The highest BCUT2D eigenvalue weighted by Gasteiger charge is 2.30. The zero-order chi connectivity index (χ0) is 22.0. The lowest BCUT2D eigenvalue weighted by atomic mass is 9.94. The molecule has 0 atom stereocenters. The molecule has 0 fully saturated rings. The number of pyridine rings is 1. The minimum absolute atomic E-state index is 1.09. The summed E-state index contributed by atoms with van der Waals surface area (Å²) in [5.74, 6) is 0. The van der Waals surface area contributed by atoms with Crippen LogP contribution in [0.5, 0.6) is 0 Å². The Morgan fingerprint density at radius 2 is 1.72 bits per heavy atom. The molecule has 0 saturated heterocycles. The van der Waals surface area contributed by atoms with Crippen LogP contribution in [0.3, 0.4) is 0 Å². The second-order valence-corrected chi connectivity index (χ2v) is 15.5. The molecule has 0 spiro atoms. The third-order valence-corrected chi connectivity index (χ3v) is 9.57. The van der Waals surface area contributed by atoms with E-state index < -0.39 is 8.07 Å². The second kappa shape index (κ2) is 6.89. The molecule has 2 nitrogen and oxygen atoms in total. The van der Waals surface area contributed by atoms with Gasteiger partial charge in [-0.2, -0.15) is 6.07 Å². The molecule has 0 saturated carbocycles. The van der Waals surface area contributed by atoms with E-state index in [4.69, 9.17) is 0 Å². The van der Waals surface area contributed by atoms with Crippen molar-refractivity contribution in [2.75, 3.05) is 0 Å². The second-order valence-electron chi connectivity index (χ2n) is 9.44. The van der Waals surface area contributed by atoms with Gasteiger partial charge in [-0.15, -0.1) is 17.3 Å². The zero-order valence-corrected chi connectivity index (χ0v) is 20.3. The van der Waals surface area contributed by atoms with Crippen LogP contribution in [-0.4, -0.2) is 24.4 Å². The number of hydrogen-bond acceptors (Lipinski definition) is 1. The Labute approximate surface area is 193 Å². The lowest BCUT2D eigenvalue weighted by molar-refractivity contribution is -0.400. The average Bonchev–Trinajstić information content (AvgIpc) is 3.17. The molecule has 6 rings (SSSR count). The summed E-state index contributed by atoms with van der Waals surface area (Å²) >= 11 is 1.77. The number of hydrogen-bond donors (Lipinski definition) is 0. The lowest BCUT2D eigenvalue weighted by Gasteiger charge is -2.38. The predicted molar refractivity (Wildman–Crippen MR) is 142 cm³/mol. The van der Waals surface area contributed by atoms with Crippen LogP contribution in [0.1, 0.15) is 11.1 Å².